The van der Waals surface area contributed by atoms with Crippen LogP contribution in [0.2, 0.25) is 0 Å². The van der Waals surface area contributed by atoms with E-state index < -0.39 is 0 Å². The van der Waals surface area contributed by atoms with E-state index in [0.717, 1.165) is 20.6 Å². The lowest BCUT2D eigenvalue weighted by Crippen LogP contribution is -2.29. The summed E-state index contributed by atoms with van der Waals surface area (Å²) in [5.41, 5.74) is 3.19. The molecule has 0 bridgehead atoms. The minimum absolute atomic E-state index is 0.0340. The molecule has 4 heteroatoms. The maximum absolute atomic E-state index is 12.9. The Bertz CT molecular complexity index is 779. The molecular formula is C19H16BrNOS. The quantitative estimate of drug-likeness (QED) is 0.566. The van der Waals surface area contributed by atoms with Crippen molar-refractivity contribution in [1.82, 2.24) is 0 Å². The first-order valence-electron chi connectivity index (χ1n) is 7.30. The number of carbonyl (C=O) groups excluding carboxylic acids is 1. The molecule has 0 aliphatic carbocycles. The first-order valence-corrected chi connectivity index (χ1v) is 8.97. The van der Waals surface area contributed by atoms with Crippen molar-refractivity contribution in [3.8, 4) is 0 Å². The maximum atomic E-state index is 12.9. The van der Waals surface area contributed by atoms with Crippen molar-refractivity contribution < 1.29 is 4.79 Å². The van der Waals surface area contributed by atoms with Crippen LogP contribution < -0.4 is 4.90 Å². The van der Waals surface area contributed by atoms with Gasteiger partial charge in [-0.15, -0.1) is 11.3 Å². The highest BCUT2D eigenvalue weighted by molar-refractivity contribution is 9.10. The van der Waals surface area contributed by atoms with E-state index in [1.165, 1.54) is 16.9 Å². The van der Waals surface area contributed by atoms with Crippen LogP contribution in [-0.2, 0) is 6.54 Å². The Morgan fingerprint density at radius 1 is 1.04 bits per heavy atom. The standard InChI is InChI=1S/C19H16BrNOS/c1-14-4-10-17(11-5-14)21(19(22)18-3-2-12-23-18)13-15-6-8-16(20)9-7-15/h2-12H,13H2,1H3. The van der Waals surface area contributed by atoms with Crippen LogP contribution in [0.1, 0.15) is 20.8 Å². The SMILES string of the molecule is Cc1ccc(N(Cc2ccc(Br)cc2)C(=O)c2cccs2)cc1. The third-order valence-electron chi connectivity index (χ3n) is 3.58. The summed E-state index contributed by atoms with van der Waals surface area (Å²) in [6, 6.07) is 19.9. The number of hydrogen-bond acceptors (Lipinski definition) is 2. The van der Waals surface area contributed by atoms with Gasteiger partial charge in [0.05, 0.1) is 11.4 Å². The third-order valence-corrected chi connectivity index (χ3v) is 4.96. The summed E-state index contributed by atoms with van der Waals surface area (Å²) < 4.78 is 1.03. The van der Waals surface area contributed by atoms with Gasteiger partial charge in [0, 0.05) is 10.2 Å². The molecule has 1 heterocycles. The smallest absolute Gasteiger partial charge is 0.268 e. The van der Waals surface area contributed by atoms with Gasteiger partial charge in [0.15, 0.2) is 0 Å². The molecule has 2 aromatic carbocycles. The van der Waals surface area contributed by atoms with Gasteiger partial charge in [-0.05, 0) is 48.2 Å². The van der Waals surface area contributed by atoms with E-state index in [-0.39, 0.29) is 5.91 Å². The van der Waals surface area contributed by atoms with Crippen LogP contribution in [0.5, 0.6) is 0 Å². The molecule has 0 aliphatic rings. The molecule has 0 N–H and O–H groups in total. The van der Waals surface area contributed by atoms with Crippen LogP contribution in [0.25, 0.3) is 0 Å². The van der Waals surface area contributed by atoms with Gasteiger partial charge in [0.2, 0.25) is 0 Å². The monoisotopic (exact) mass is 385 g/mol. The number of halogens is 1. The van der Waals surface area contributed by atoms with Gasteiger partial charge >= 0.3 is 0 Å². The van der Waals surface area contributed by atoms with E-state index >= 15 is 0 Å². The van der Waals surface area contributed by atoms with Crippen molar-refractivity contribution in [2.45, 2.75) is 13.5 Å². The fraction of sp³-hybridized carbons (Fsp3) is 0.105. The Labute approximate surface area is 148 Å². The van der Waals surface area contributed by atoms with Crippen molar-refractivity contribution >= 4 is 38.9 Å². The number of nitrogens with zero attached hydrogens (tertiary/aromatic N) is 1. The molecule has 0 fully saturated rings. The average molecular weight is 386 g/mol. The number of rotatable bonds is 4. The lowest BCUT2D eigenvalue weighted by Gasteiger charge is -2.23. The molecule has 1 aromatic heterocycles. The first-order chi connectivity index (χ1) is 11.1. The van der Waals surface area contributed by atoms with Gasteiger partial charge in [0.25, 0.3) is 5.91 Å². The zero-order valence-electron chi connectivity index (χ0n) is 12.7. The molecule has 3 aromatic rings. The second-order valence-corrected chi connectivity index (χ2v) is 7.19. The van der Waals surface area contributed by atoms with Gasteiger partial charge in [-0.3, -0.25) is 4.79 Å². The number of amides is 1. The zero-order chi connectivity index (χ0) is 16.2. The van der Waals surface area contributed by atoms with Crippen LogP contribution in [0.15, 0.2) is 70.5 Å². The maximum Gasteiger partial charge on any atom is 0.268 e. The van der Waals surface area contributed by atoms with Crippen LogP contribution in [-0.4, -0.2) is 5.91 Å². The Morgan fingerprint density at radius 3 is 2.35 bits per heavy atom. The second-order valence-electron chi connectivity index (χ2n) is 5.33. The number of anilines is 1. The van der Waals surface area contributed by atoms with Crippen molar-refractivity contribution in [2.24, 2.45) is 0 Å². The molecule has 0 saturated heterocycles. The normalized spacial score (nSPS) is 10.5. The largest absolute Gasteiger partial charge is 0.303 e. The predicted octanol–water partition coefficient (Wildman–Crippen LogP) is 5.67. The minimum atomic E-state index is 0.0340. The summed E-state index contributed by atoms with van der Waals surface area (Å²) in [6.07, 6.45) is 0. The Morgan fingerprint density at radius 2 is 1.74 bits per heavy atom. The summed E-state index contributed by atoms with van der Waals surface area (Å²) in [7, 11) is 0. The molecule has 3 rings (SSSR count). The number of aryl methyl sites for hydroxylation is 1. The lowest BCUT2D eigenvalue weighted by atomic mass is 10.1. The summed E-state index contributed by atoms with van der Waals surface area (Å²) >= 11 is 4.92. The number of benzene rings is 2. The summed E-state index contributed by atoms with van der Waals surface area (Å²) in [5.74, 6) is 0.0340. The highest BCUT2D eigenvalue weighted by atomic mass is 79.9. The zero-order valence-corrected chi connectivity index (χ0v) is 15.1. The molecule has 116 valence electrons. The molecular weight excluding hydrogens is 370 g/mol. The van der Waals surface area contributed by atoms with Gasteiger partial charge in [-0.2, -0.15) is 0 Å². The Balaban J connectivity index is 1.94. The van der Waals surface area contributed by atoms with E-state index in [0.29, 0.717) is 6.54 Å². The van der Waals surface area contributed by atoms with Crippen LogP contribution in [0.3, 0.4) is 0 Å². The van der Waals surface area contributed by atoms with Gasteiger partial charge in [0.1, 0.15) is 0 Å². The number of thiophene rings is 1. The number of hydrogen-bond donors (Lipinski definition) is 0. The van der Waals surface area contributed by atoms with Crippen LogP contribution in [0.4, 0.5) is 5.69 Å². The highest BCUT2D eigenvalue weighted by Gasteiger charge is 2.19. The van der Waals surface area contributed by atoms with Gasteiger partial charge in [-0.25, -0.2) is 0 Å². The van der Waals surface area contributed by atoms with Crippen LogP contribution >= 0.6 is 27.3 Å². The first kappa shape index (κ1) is 16.0. The molecule has 0 spiro atoms. The molecule has 0 radical (unpaired) electrons. The van der Waals surface area contributed by atoms with Crippen molar-refractivity contribution in [2.75, 3.05) is 4.90 Å². The molecule has 2 nitrogen and oxygen atoms in total. The summed E-state index contributed by atoms with van der Waals surface area (Å²) in [6.45, 7) is 2.59. The van der Waals surface area contributed by atoms with E-state index in [9.17, 15) is 4.79 Å². The average Bonchev–Trinajstić information content (AvgIpc) is 3.09. The topological polar surface area (TPSA) is 20.3 Å². The molecule has 0 unspecified atom stereocenters. The van der Waals surface area contributed by atoms with Crippen molar-refractivity contribution in [3.05, 3.63) is 86.5 Å². The second kappa shape index (κ2) is 7.11. The fourth-order valence-corrected chi connectivity index (χ4v) is 3.25. The van der Waals surface area contributed by atoms with E-state index in [1.54, 1.807) is 0 Å². The van der Waals surface area contributed by atoms with Crippen molar-refractivity contribution in [1.29, 1.82) is 0 Å². The molecule has 23 heavy (non-hydrogen) atoms. The molecule has 0 saturated carbocycles. The number of carbonyl (C=O) groups is 1. The van der Waals surface area contributed by atoms with Gasteiger partial charge < -0.3 is 4.90 Å². The fourth-order valence-electron chi connectivity index (χ4n) is 2.31. The Hall–Kier alpha value is -1.91. The summed E-state index contributed by atoms with van der Waals surface area (Å²) in [5, 5.41) is 1.93. The van der Waals surface area contributed by atoms with Crippen molar-refractivity contribution in [3.63, 3.8) is 0 Å². The van der Waals surface area contributed by atoms with E-state index in [2.05, 4.69) is 15.9 Å². The third kappa shape index (κ3) is 3.89. The van der Waals surface area contributed by atoms with Gasteiger partial charge in [-0.1, -0.05) is 51.8 Å². The molecule has 0 atom stereocenters. The van der Waals surface area contributed by atoms with E-state index in [4.69, 9.17) is 0 Å². The van der Waals surface area contributed by atoms with E-state index in [1.807, 2.05) is 77.9 Å². The van der Waals surface area contributed by atoms with Crippen LogP contribution in [0, 0.1) is 6.92 Å². The lowest BCUT2D eigenvalue weighted by molar-refractivity contribution is 0.0989. The minimum Gasteiger partial charge on any atom is -0.303 e. The molecule has 1 amide bonds. The highest BCUT2D eigenvalue weighted by Crippen LogP contribution is 2.23. The Kier molecular flexibility index (Phi) is 4.94. The summed E-state index contributed by atoms with van der Waals surface area (Å²) in [4.78, 5) is 15.5. The molecule has 0 aliphatic heterocycles. The predicted molar refractivity (Wildman–Crippen MR) is 100 cm³/mol.